The minimum absolute atomic E-state index is 0.0915. The van der Waals surface area contributed by atoms with Crippen LogP contribution in [0.1, 0.15) is 19.7 Å². The Morgan fingerprint density at radius 2 is 2.15 bits per heavy atom. The first-order valence-electron chi connectivity index (χ1n) is 6.53. The minimum Gasteiger partial charge on any atom is -0.325 e. The molecule has 0 radical (unpaired) electrons. The summed E-state index contributed by atoms with van der Waals surface area (Å²) in [5.74, 6) is 1.25. The fourth-order valence-electron chi connectivity index (χ4n) is 1.74. The van der Waals surface area contributed by atoms with Gasteiger partial charge in [-0.05, 0) is 25.0 Å². The van der Waals surface area contributed by atoms with E-state index < -0.39 is 6.04 Å². The van der Waals surface area contributed by atoms with Gasteiger partial charge in [0.1, 0.15) is 5.82 Å². The Kier molecular flexibility index (Phi) is 4.14. The van der Waals surface area contributed by atoms with Crippen molar-refractivity contribution in [2.75, 3.05) is 5.32 Å². The number of amides is 1. The van der Waals surface area contributed by atoms with Crippen LogP contribution in [0.3, 0.4) is 0 Å². The summed E-state index contributed by atoms with van der Waals surface area (Å²) in [6.07, 6.45) is 0. The predicted molar refractivity (Wildman–Crippen MR) is 78.0 cm³/mol. The number of rotatable bonds is 4. The van der Waals surface area contributed by atoms with Gasteiger partial charge in [-0.25, -0.2) is 4.98 Å². The lowest BCUT2D eigenvalue weighted by Gasteiger charge is -2.15. The standard InChI is InChI=1S/C14H19N5O/c1-8(2)12(15)14(20)17-11-6-4-5-10(7-11)13-16-9(3)18-19-13/h4-8,12H,15H2,1-3H3,(H,17,20)(H,16,18,19). The maximum atomic E-state index is 11.9. The minimum atomic E-state index is -0.524. The molecular weight excluding hydrogens is 254 g/mol. The lowest BCUT2D eigenvalue weighted by molar-refractivity contribution is -0.118. The number of aromatic amines is 1. The first-order chi connectivity index (χ1) is 9.47. The molecule has 1 heterocycles. The molecule has 6 heteroatoms. The smallest absolute Gasteiger partial charge is 0.241 e. The van der Waals surface area contributed by atoms with Gasteiger partial charge in [-0.3, -0.25) is 9.89 Å². The molecule has 0 bridgehead atoms. The van der Waals surface area contributed by atoms with Crippen LogP contribution in [0.4, 0.5) is 5.69 Å². The number of carbonyl (C=O) groups excluding carboxylic acids is 1. The topological polar surface area (TPSA) is 96.7 Å². The zero-order chi connectivity index (χ0) is 14.7. The number of carbonyl (C=O) groups is 1. The number of aromatic nitrogens is 3. The van der Waals surface area contributed by atoms with Crippen molar-refractivity contribution in [3.05, 3.63) is 30.1 Å². The van der Waals surface area contributed by atoms with E-state index in [4.69, 9.17) is 5.73 Å². The fourth-order valence-corrected chi connectivity index (χ4v) is 1.74. The van der Waals surface area contributed by atoms with E-state index in [9.17, 15) is 4.79 Å². The summed E-state index contributed by atoms with van der Waals surface area (Å²) in [6.45, 7) is 5.66. The van der Waals surface area contributed by atoms with Crippen molar-refractivity contribution in [1.29, 1.82) is 0 Å². The average molecular weight is 273 g/mol. The van der Waals surface area contributed by atoms with E-state index in [0.717, 1.165) is 11.4 Å². The largest absolute Gasteiger partial charge is 0.325 e. The van der Waals surface area contributed by atoms with Crippen LogP contribution in [0.25, 0.3) is 11.4 Å². The van der Waals surface area contributed by atoms with Crippen molar-refractivity contribution in [3.63, 3.8) is 0 Å². The number of H-pyrrole nitrogens is 1. The predicted octanol–water partition coefficient (Wildman–Crippen LogP) is 1.70. The van der Waals surface area contributed by atoms with Crippen LogP contribution >= 0.6 is 0 Å². The molecule has 0 saturated heterocycles. The maximum Gasteiger partial charge on any atom is 0.241 e. The molecule has 1 amide bonds. The lowest BCUT2D eigenvalue weighted by atomic mass is 10.0. The van der Waals surface area contributed by atoms with Crippen LogP contribution in [0.2, 0.25) is 0 Å². The molecule has 1 atom stereocenters. The van der Waals surface area contributed by atoms with Gasteiger partial charge in [-0.1, -0.05) is 26.0 Å². The molecule has 20 heavy (non-hydrogen) atoms. The molecule has 0 aliphatic rings. The van der Waals surface area contributed by atoms with E-state index in [1.54, 1.807) is 0 Å². The second-order valence-electron chi connectivity index (χ2n) is 5.08. The molecule has 0 fully saturated rings. The number of anilines is 1. The van der Waals surface area contributed by atoms with Crippen LogP contribution in [0.15, 0.2) is 24.3 Å². The Labute approximate surface area is 117 Å². The third kappa shape index (κ3) is 3.21. The summed E-state index contributed by atoms with van der Waals surface area (Å²) in [5, 5.41) is 9.70. The molecular formula is C14H19N5O. The SMILES string of the molecule is Cc1nc(-c2cccc(NC(=O)C(N)C(C)C)c2)n[nH]1. The van der Waals surface area contributed by atoms with Crippen molar-refractivity contribution in [3.8, 4) is 11.4 Å². The zero-order valence-electron chi connectivity index (χ0n) is 11.8. The third-order valence-electron chi connectivity index (χ3n) is 3.01. The highest BCUT2D eigenvalue weighted by Gasteiger charge is 2.17. The summed E-state index contributed by atoms with van der Waals surface area (Å²) in [4.78, 5) is 16.2. The van der Waals surface area contributed by atoms with E-state index in [-0.39, 0.29) is 11.8 Å². The number of nitrogens with two attached hydrogens (primary N) is 1. The number of hydrogen-bond donors (Lipinski definition) is 3. The molecule has 0 saturated carbocycles. The van der Waals surface area contributed by atoms with Gasteiger partial charge < -0.3 is 11.1 Å². The Morgan fingerprint density at radius 1 is 1.40 bits per heavy atom. The van der Waals surface area contributed by atoms with Gasteiger partial charge in [0.2, 0.25) is 5.91 Å². The van der Waals surface area contributed by atoms with Crippen LogP contribution < -0.4 is 11.1 Å². The Bertz CT molecular complexity index is 605. The van der Waals surface area contributed by atoms with Crippen LogP contribution in [0, 0.1) is 12.8 Å². The van der Waals surface area contributed by atoms with Crippen molar-refractivity contribution < 1.29 is 4.79 Å². The highest BCUT2D eigenvalue weighted by atomic mass is 16.2. The summed E-state index contributed by atoms with van der Waals surface area (Å²) >= 11 is 0. The fraction of sp³-hybridized carbons (Fsp3) is 0.357. The number of nitrogens with one attached hydrogen (secondary N) is 2. The van der Waals surface area contributed by atoms with E-state index >= 15 is 0 Å². The van der Waals surface area contributed by atoms with Gasteiger partial charge in [-0.2, -0.15) is 5.10 Å². The molecule has 0 spiro atoms. The Morgan fingerprint density at radius 3 is 2.75 bits per heavy atom. The van der Waals surface area contributed by atoms with Crippen molar-refractivity contribution >= 4 is 11.6 Å². The summed E-state index contributed by atoms with van der Waals surface area (Å²) in [5.41, 5.74) is 7.34. The Balaban J connectivity index is 2.16. The van der Waals surface area contributed by atoms with Crippen LogP contribution in [-0.4, -0.2) is 27.1 Å². The van der Waals surface area contributed by atoms with E-state index in [1.165, 1.54) is 0 Å². The second-order valence-corrected chi connectivity index (χ2v) is 5.08. The third-order valence-corrected chi connectivity index (χ3v) is 3.01. The molecule has 1 aromatic carbocycles. The zero-order valence-corrected chi connectivity index (χ0v) is 11.8. The van der Waals surface area contributed by atoms with Crippen molar-refractivity contribution in [1.82, 2.24) is 15.2 Å². The molecule has 106 valence electrons. The highest BCUT2D eigenvalue weighted by Crippen LogP contribution is 2.19. The van der Waals surface area contributed by atoms with E-state index in [0.29, 0.717) is 11.5 Å². The highest BCUT2D eigenvalue weighted by molar-refractivity contribution is 5.95. The Hall–Kier alpha value is -2.21. The van der Waals surface area contributed by atoms with Crippen molar-refractivity contribution in [2.24, 2.45) is 11.7 Å². The number of nitrogens with zero attached hydrogens (tertiary/aromatic N) is 2. The van der Waals surface area contributed by atoms with Gasteiger partial charge in [0.15, 0.2) is 5.82 Å². The van der Waals surface area contributed by atoms with Gasteiger partial charge in [0, 0.05) is 11.3 Å². The van der Waals surface area contributed by atoms with Gasteiger partial charge in [0.05, 0.1) is 6.04 Å². The van der Waals surface area contributed by atoms with E-state index in [2.05, 4.69) is 20.5 Å². The molecule has 4 N–H and O–H groups in total. The summed E-state index contributed by atoms with van der Waals surface area (Å²) in [7, 11) is 0. The van der Waals surface area contributed by atoms with Gasteiger partial charge >= 0.3 is 0 Å². The van der Waals surface area contributed by atoms with E-state index in [1.807, 2.05) is 45.0 Å². The summed E-state index contributed by atoms with van der Waals surface area (Å²) in [6, 6.07) is 6.85. The maximum absolute atomic E-state index is 11.9. The molecule has 2 rings (SSSR count). The quantitative estimate of drug-likeness (QED) is 0.790. The van der Waals surface area contributed by atoms with Gasteiger partial charge in [0.25, 0.3) is 0 Å². The first-order valence-corrected chi connectivity index (χ1v) is 6.53. The number of benzene rings is 1. The first kappa shape index (κ1) is 14.2. The monoisotopic (exact) mass is 273 g/mol. The van der Waals surface area contributed by atoms with Gasteiger partial charge in [-0.15, -0.1) is 0 Å². The molecule has 0 aliphatic carbocycles. The van der Waals surface area contributed by atoms with Crippen molar-refractivity contribution in [2.45, 2.75) is 26.8 Å². The molecule has 6 nitrogen and oxygen atoms in total. The van der Waals surface area contributed by atoms with Crippen LogP contribution in [-0.2, 0) is 4.79 Å². The normalized spacial score (nSPS) is 12.4. The lowest BCUT2D eigenvalue weighted by Crippen LogP contribution is -2.39. The average Bonchev–Trinajstić information content (AvgIpc) is 2.84. The number of aryl methyl sites for hydroxylation is 1. The summed E-state index contributed by atoms with van der Waals surface area (Å²) < 4.78 is 0. The number of hydrogen-bond acceptors (Lipinski definition) is 4. The van der Waals surface area contributed by atoms with Crippen LogP contribution in [0.5, 0.6) is 0 Å². The molecule has 2 aromatic rings. The second kappa shape index (κ2) is 5.83. The molecule has 1 unspecified atom stereocenters. The molecule has 1 aromatic heterocycles. The molecule has 0 aliphatic heterocycles.